The number of benzene rings is 2. The number of sulfonamides is 1. The van der Waals surface area contributed by atoms with Crippen LogP contribution in [0.1, 0.15) is 5.56 Å². The summed E-state index contributed by atoms with van der Waals surface area (Å²) in [4.78, 5) is 4.24. The van der Waals surface area contributed by atoms with Crippen LogP contribution in [0.5, 0.6) is 0 Å². The largest absolute Gasteiger partial charge is 0.399 e. The molecule has 2 aromatic rings. The van der Waals surface area contributed by atoms with Crippen molar-refractivity contribution in [2.75, 3.05) is 5.73 Å². The minimum absolute atomic E-state index is 0.0257. The van der Waals surface area contributed by atoms with Crippen molar-refractivity contribution in [1.82, 2.24) is 4.31 Å². The summed E-state index contributed by atoms with van der Waals surface area (Å²) >= 11 is 0. The minimum Gasteiger partial charge on any atom is -0.399 e. The van der Waals surface area contributed by atoms with Crippen LogP contribution in [0, 0.1) is 5.82 Å². The van der Waals surface area contributed by atoms with Crippen LogP contribution in [0.4, 0.5) is 15.8 Å². The van der Waals surface area contributed by atoms with Gasteiger partial charge in [-0.05, 0) is 35.9 Å². The Balaban J connectivity index is 1.98. The number of nitrogens with two attached hydrogens (primary N) is 1. The Hall–Kier alpha value is -2.41. The average molecular weight is 305 g/mol. The third-order valence-corrected chi connectivity index (χ3v) is 4.84. The Morgan fingerprint density at radius 1 is 1.19 bits per heavy atom. The molecule has 0 atom stereocenters. The van der Waals surface area contributed by atoms with Gasteiger partial charge < -0.3 is 5.73 Å². The van der Waals surface area contributed by atoms with E-state index in [0.29, 0.717) is 11.3 Å². The Labute approximate surface area is 121 Å². The highest BCUT2D eigenvalue weighted by Crippen LogP contribution is 2.30. The lowest BCUT2D eigenvalue weighted by molar-refractivity contribution is 0.520. The van der Waals surface area contributed by atoms with Crippen molar-refractivity contribution in [1.29, 1.82) is 0 Å². The monoisotopic (exact) mass is 305 g/mol. The van der Waals surface area contributed by atoms with E-state index in [-0.39, 0.29) is 17.1 Å². The molecule has 0 bridgehead atoms. The Morgan fingerprint density at radius 3 is 2.71 bits per heavy atom. The molecular weight excluding hydrogens is 293 g/mol. The number of halogens is 1. The number of aliphatic imine (C=N–C) groups is 1. The van der Waals surface area contributed by atoms with Crippen molar-refractivity contribution in [2.45, 2.75) is 11.4 Å². The maximum atomic E-state index is 13.3. The molecule has 2 N–H and O–H groups in total. The number of anilines is 1. The molecule has 1 heterocycles. The number of hydrogen-bond donors (Lipinski definition) is 1. The number of nitrogen functional groups attached to an aromatic ring is 1. The summed E-state index contributed by atoms with van der Waals surface area (Å²) < 4.78 is 39.4. The molecule has 21 heavy (non-hydrogen) atoms. The molecule has 0 saturated carbocycles. The van der Waals surface area contributed by atoms with Crippen molar-refractivity contribution >= 4 is 27.7 Å². The molecule has 7 heteroatoms. The molecule has 0 saturated heterocycles. The molecule has 3 rings (SSSR count). The van der Waals surface area contributed by atoms with Gasteiger partial charge in [0.25, 0.3) is 10.0 Å². The van der Waals surface area contributed by atoms with Gasteiger partial charge in [0.05, 0.1) is 12.2 Å². The Morgan fingerprint density at radius 2 is 1.95 bits per heavy atom. The number of rotatable bonds is 2. The molecule has 0 spiro atoms. The van der Waals surface area contributed by atoms with Gasteiger partial charge in [0.1, 0.15) is 17.1 Å². The standard InChI is InChI=1S/C14H12FN3O2S/c15-11-5-10(6-12(16)7-11)8-18-9-17-13-3-1-2-4-14(13)21(18,19)20/h1-7,9H,8,16H2. The fraction of sp³-hybridized carbons (Fsp3) is 0.0714. The van der Waals surface area contributed by atoms with Gasteiger partial charge in [-0.15, -0.1) is 0 Å². The highest BCUT2D eigenvalue weighted by atomic mass is 32.2. The second-order valence-corrected chi connectivity index (χ2v) is 6.51. The van der Waals surface area contributed by atoms with Gasteiger partial charge in [0.2, 0.25) is 0 Å². The van der Waals surface area contributed by atoms with E-state index >= 15 is 0 Å². The highest BCUT2D eigenvalue weighted by Gasteiger charge is 2.28. The van der Waals surface area contributed by atoms with Crippen molar-refractivity contribution in [3.63, 3.8) is 0 Å². The van der Waals surface area contributed by atoms with E-state index in [2.05, 4.69) is 4.99 Å². The van der Waals surface area contributed by atoms with Crippen molar-refractivity contribution in [2.24, 2.45) is 4.99 Å². The third kappa shape index (κ3) is 2.47. The molecule has 1 aliphatic rings. The second-order valence-electron chi connectivity index (χ2n) is 4.66. The maximum absolute atomic E-state index is 13.3. The topological polar surface area (TPSA) is 75.8 Å². The highest BCUT2D eigenvalue weighted by molar-refractivity contribution is 7.89. The quantitative estimate of drug-likeness (QED) is 0.865. The Kier molecular flexibility index (Phi) is 3.13. The van der Waals surface area contributed by atoms with Crippen LogP contribution in [-0.4, -0.2) is 19.1 Å². The zero-order chi connectivity index (χ0) is 15.0. The first-order valence-electron chi connectivity index (χ1n) is 6.17. The minimum atomic E-state index is -3.69. The van der Waals surface area contributed by atoms with Crippen LogP contribution in [0.15, 0.2) is 52.4 Å². The van der Waals surface area contributed by atoms with Crippen molar-refractivity contribution in [3.05, 3.63) is 53.8 Å². The van der Waals surface area contributed by atoms with Gasteiger partial charge in [-0.25, -0.2) is 17.8 Å². The molecule has 0 amide bonds. The summed E-state index contributed by atoms with van der Waals surface area (Å²) in [5.41, 5.74) is 6.67. The van der Waals surface area contributed by atoms with Crippen LogP contribution in [0.3, 0.4) is 0 Å². The van der Waals surface area contributed by atoms with Gasteiger partial charge in [-0.3, -0.25) is 4.31 Å². The fourth-order valence-corrected chi connectivity index (χ4v) is 3.55. The lowest BCUT2D eigenvalue weighted by Gasteiger charge is -2.24. The summed E-state index contributed by atoms with van der Waals surface area (Å²) in [6.07, 6.45) is 1.23. The molecule has 0 aliphatic carbocycles. The SMILES string of the molecule is Nc1cc(F)cc(CN2C=Nc3ccccc3S2(=O)=O)c1. The van der Waals surface area contributed by atoms with E-state index in [1.807, 2.05) is 0 Å². The van der Waals surface area contributed by atoms with E-state index in [0.717, 1.165) is 4.31 Å². The zero-order valence-corrected chi connectivity index (χ0v) is 11.7. The van der Waals surface area contributed by atoms with Crippen LogP contribution >= 0.6 is 0 Å². The van der Waals surface area contributed by atoms with E-state index in [1.54, 1.807) is 18.2 Å². The molecule has 108 valence electrons. The molecule has 0 radical (unpaired) electrons. The fourth-order valence-electron chi connectivity index (χ4n) is 2.17. The summed E-state index contributed by atoms with van der Waals surface area (Å²) in [6, 6.07) is 10.4. The molecule has 5 nitrogen and oxygen atoms in total. The van der Waals surface area contributed by atoms with Crippen LogP contribution in [0.25, 0.3) is 0 Å². The molecule has 0 fully saturated rings. The zero-order valence-electron chi connectivity index (χ0n) is 10.9. The number of hydrogen-bond acceptors (Lipinski definition) is 4. The van der Waals surface area contributed by atoms with Gasteiger partial charge in [0.15, 0.2) is 0 Å². The molecule has 0 unspecified atom stereocenters. The van der Waals surface area contributed by atoms with Gasteiger partial charge in [0, 0.05) is 5.69 Å². The third-order valence-electron chi connectivity index (χ3n) is 3.10. The lowest BCUT2D eigenvalue weighted by Crippen LogP contribution is -2.31. The van der Waals surface area contributed by atoms with Gasteiger partial charge >= 0.3 is 0 Å². The first kappa shape index (κ1) is 13.6. The summed E-state index contributed by atoms with van der Waals surface area (Å²) in [7, 11) is -3.69. The van der Waals surface area contributed by atoms with Gasteiger partial charge in [-0.1, -0.05) is 12.1 Å². The molecule has 2 aromatic carbocycles. The van der Waals surface area contributed by atoms with Crippen molar-refractivity contribution in [3.8, 4) is 0 Å². The van der Waals surface area contributed by atoms with E-state index < -0.39 is 15.8 Å². The summed E-state index contributed by atoms with van der Waals surface area (Å²) in [5.74, 6) is -0.503. The first-order valence-corrected chi connectivity index (χ1v) is 7.61. The second kappa shape index (κ2) is 4.85. The lowest BCUT2D eigenvalue weighted by atomic mass is 10.2. The number of para-hydroxylation sites is 1. The van der Waals surface area contributed by atoms with Crippen LogP contribution in [0.2, 0.25) is 0 Å². The maximum Gasteiger partial charge on any atom is 0.267 e. The number of nitrogens with zero attached hydrogens (tertiary/aromatic N) is 2. The number of fused-ring (bicyclic) bond motifs is 1. The predicted molar refractivity (Wildman–Crippen MR) is 78.1 cm³/mol. The smallest absolute Gasteiger partial charge is 0.267 e. The van der Waals surface area contributed by atoms with E-state index in [9.17, 15) is 12.8 Å². The molecular formula is C14H12FN3O2S. The van der Waals surface area contributed by atoms with E-state index in [4.69, 9.17) is 5.73 Å². The van der Waals surface area contributed by atoms with Gasteiger partial charge in [-0.2, -0.15) is 0 Å². The van der Waals surface area contributed by atoms with Crippen LogP contribution < -0.4 is 5.73 Å². The molecule has 1 aliphatic heterocycles. The van der Waals surface area contributed by atoms with Crippen molar-refractivity contribution < 1.29 is 12.8 Å². The first-order chi connectivity index (χ1) is 9.96. The normalized spacial score (nSPS) is 15.8. The molecule has 0 aromatic heterocycles. The van der Waals surface area contributed by atoms with Crippen LogP contribution in [-0.2, 0) is 16.6 Å². The predicted octanol–water partition coefficient (Wildman–Crippen LogP) is 2.27. The Bertz CT molecular complexity index is 814. The summed E-state index contributed by atoms with van der Waals surface area (Å²) in [5, 5.41) is 0. The summed E-state index contributed by atoms with van der Waals surface area (Å²) in [6.45, 7) is -0.0257. The van der Waals surface area contributed by atoms with E-state index in [1.165, 1.54) is 30.6 Å². The average Bonchev–Trinajstić information content (AvgIpc) is 2.41.